The lowest BCUT2D eigenvalue weighted by Gasteiger charge is -2.23. The van der Waals surface area contributed by atoms with Gasteiger partial charge in [0, 0.05) is 5.92 Å². The number of aldehydes is 1. The molecule has 0 saturated heterocycles. The van der Waals surface area contributed by atoms with Gasteiger partial charge >= 0.3 is 0 Å². The third-order valence-electron chi connectivity index (χ3n) is 2.61. The van der Waals surface area contributed by atoms with Crippen LogP contribution in [0.2, 0.25) is 0 Å². The van der Waals surface area contributed by atoms with Crippen LogP contribution in [0.5, 0.6) is 0 Å². The van der Waals surface area contributed by atoms with Gasteiger partial charge in [-0.2, -0.15) is 0 Å². The summed E-state index contributed by atoms with van der Waals surface area (Å²) in [5.41, 5.74) is 0. The van der Waals surface area contributed by atoms with E-state index in [-0.39, 0.29) is 0 Å². The fraction of sp³-hybridized carbons (Fsp3) is 0.889. The second-order valence-corrected chi connectivity index (χ2v) is 3.39. The summed E-state index contributed by atoms with van der Waals surface area (Å²) in [6, 6.07) is 0. The standard InChI is InChI=1S/C9H16O/c1-8(7-10)9-5-3-2-4-6-9/h7-9H,2-6H2,1H3/t8-/m0/s1. The highest BCUT2D eigenvalue weighted by Crippen LogP contribution is 2.28. The summed E-state index contributed by atoms with van der Waals surface area (Å²) in [5, 5.41) is 0. The first-order chi connectivity index (χ1) is 4.84. The zero-order chi connectivity index (χ0) is 7.40. The monoisotopic (exact) mass is 140 g/mol. The van der Waals surface area contributed by atoms with Gasteiger partial charge in [0.25, 0.3) is 0 Å². The largest absolute Gasteiger partial charge is 0.303 e. The van der Waals surface area contributed by atoms with Crippen molar-refractivity contribution < 1.29 is 4.79 Å². The Bertz CT molecular complexity index is 103. The SMILES string of the molecule is C[C@@H](C=O)C1CCCCC1. The first-order valence-corrected chi connectivity index (χ1v) is 4.30. The van der Waals surface area contributed by atoms with Crippen LogP contribution in [0.25, 0.3) is 0 Å². The first kappa shape index (κ1) is 7.77. The molecule has 1 aliphatic carbocycles. The minimum absolute atomic E-state index is 0.306. The van der Waals surface area contributed by atoms with Crippen LogP contribution in [0.4, 0.5) is 0 Å². The second kappa shape index (κ2) is 3.75. The van der Waals surface area contributed by atoms with E-state index < -0.39 is 0 Å². The highest BCUT2D eigenvalue weighted by atomic mass is 16.1. The van der Waals surface area contributed by atoms with E-state index in [1.165, 1.54) is 32.1 Å². The van der Waals surface area contributed by atoms with Crippen LogP contribution in [0.1, 0.15) is 39.0 Å². The molecule has 0 aromatic rings. The molecule has 1 rings (SSSR count). The maximum absolute atomic E-state index is 10.4. The van der Waals surface area contributed by atoms with Crippen molar-refractivity contribution in [2.24, 2.45) is 11.8 Å². The molecule has 1 fully saturated rings. The van der Waals surface area contributed by atoms with Crippen molar-refractivity contribution in [3.63, 3.8) is 0 Å². The third-order valence-corrected chi connectivity index (χ3v) is 2.61. The Hall–Kier alpha value is -0.330. The molecule has 1 nitrogen and oxygen atoms in total. The fourth-order valence-electron chi connectivity index (χ4n) is 1.77. The van der Waals surface area contributed by atoms with E-state index in [4.69, 9.17) is 0 Å². The van der Waals surface area contributed by atoms with Crippen LogP contribution < -0.4 is 0 Å². The number of rotatable bonds is 2. The van der Waals surface area contributed by atoms with E-state index in [2.05, 4.69) is 0 Å². The maximum Gasteiger partial charge on any atom is 0.123 e. The Morgan fingerprint density at radius 3 is 2.40 bits per heavy atom. The smallest absolute Gasteiger partial charge is 0.123 e. The van der Waals surface area contributed by atoms with E-state index in [0.29, 0.717) is 11.8 Å². The summed E-state index contributed by atoms with van der Waals surface area (Å²) < 4.78 is 0. The quantitative estimate of drug-likeness (QED) is 0.538. The fourth-order valence-corrected chi connectivity index (χ4v) is 1.77. The molecule has 0 heterocycles. The summed E-state index contributed by atoms with van der Waals surface area (Å²) in [6.45, 7) is 2.04. The van der Waals surface area contributed by atoms with Crippen LogP contribution in [-0.2, 0) is 4.79 Å². The van der Waals surface area contributed by atoms with Crippen molar-refractivity contribution >= 4 is 6.29 Å². The number of hydrogen-bond donors (Lipinski definition) is 0. The highest BCUT2D eigenvalue weighted by Gasteiger charge is 2.18. The summed E-state index contributed by atoms with van der Waals surface area (Å²) in [5.74, 6) is 1.01. The molecule has 0 N–H and O–H groups in total. The lowest BCUT2D eigenvalue weighted by molar-refractivity contribution is -0.112. The maximum atomic E-state index is 10.4. The molecule has 1 atom stereocenters. The van der Waals surface area contributed by atoms with Crippen molar-refractivity contribution in [3.05, 3.63) is 0 Å². The second-order valence-electron chi connectivity index (χ2n) is 3.39. The summed E-state index contributed by atoms with van der Waals surface area (Å²) in [7, 11) is 0. The Morgan fingerprint density at radius 2 is 1.90 bits per heavy atom. The molecular formula is C9H16O. The molecule has 0 aromatic heterocycles. The van der Waals surface area contributed by atoms with Gasteiger partial charge in [-0.15, -0.1) is 0 Å². The average molecular weight is 140 g/mol. The Balaban J connectivity index is 2.30. The predicted molar refractivity (Wildman–Crippen MR) is 41.8 cm³/mol. The van der Waals surface area contributed by atoms with Gasteiger partial charge in [0.2, 0.25) is 0 Å². The predicted octanol–water partition coefficient (Wildman–Crippen LogP) is 2.40. The van der Waals surface area contributed by atoms with E-state index in [9.17, 15) is 4.79 Å². The van der Waals surface area contributed by atoms with Gasteiger partial charge < -0.3 is 4.79 Å². The van der Waals surface area contributed by atoms with Crippen LogP contribution in [0.15, 0.2) is 0 Å². The van der Waals surface area contributed by atoms with Crippen molar-refractivity contribution in [3.8, 4) is 0 Å². The Morgan fingerprint density at radius 1 is 1.30 bits per heavy atom. The molecule has 1 heteroatoms. The lowest BCUT2D eigenvalue weighted by atomic mass is 9.82. The normalized spacial score (nSPS) is 24.1. The van der Waals surface area contributed by atoms with Crippen molar-refractivity contribution in [2.75, 3.05) is 0 Å². The van der Waals surface area contributed by atoms with Crippen molar-refractivity contribution in [2.45, 2.75) is 39.0 Å². The van der Waals surface area contributed by atoms with Crippen molar-refractivity contribution in [1.29, 1.82) is 0 Å². The van der Waals surface area contributed by atoms with E-state index in [1.807, 2.05) is 6.92 Å². The van der Waals surface area contributed by atoms with Gasteiger partial charge in [0.15, 0.2) is 0 Å². The van der Waals surface area contributed by atoms with Gasteiger partial charge in [0.05, 0.1) is 0 Å². The van der Waals surface area contributed by atoms with Crippen LogP contribution >= 0.6 is 0 Å². The number of carbonyl (C=O) groups excluding carboxylic acids is 1. The van der Waals surface area contributed by atoms with Crippen molar-refractivity contribution in [1.82, 2.24) is 0 Å². The minimum atomic E-state index is 0.306. The molecule has 1 aliphatic rings. The van der Waals surface area contributed by atoms with Crippen LogP contribution in [0.3, 0.4) is 0 Å². The zero-order valence-electron chi connectivity index (χ0n) is 6.68. The molecule has 0 aliphatic heterocycles. The molecule has 58 valence electrons. The zero-order valence-corrected chi connectivity index (χ0v) is 6.68. The van der Waals surface area contributed by atoms with E-state index in [1.54, 1.807) is 0 Å². The third kappa shape index (κ3) is 1.83. The van der Waals surface area contributed by atoms with Crippen LogP contribution in [0, 0.1) is 11.8 Å². The van der Waals surface area contributed by atoms with E-state index >= 15 is 0 Å². The number of hydrogen-bond acceptors (Lipinski definition) is 1. The van der Waals surface area contributed by atoms with Gasteiger partial charge in [-0.3, -0.25) is 0 Å². The van der Waals surface area contributed by atoms with E-state index in [0.717, 1.165) is 6.29 Å². The van der Waals surface area contributed by atoms with Gasteiger partial charge in [-0.25, -0.2) is 0 Å². The molecule has 1 saturated carbocycles. The minimum Gasteiger partial charge on any atom is -0.303 e. The Labute approximate surface area is 62.8 Å². The molecule has 0 aromatic carbocycles. The number of carbonyl (C=O) groups is 1. The van der Waals surface area contributed by atoms with Gasteiger partial charge in [-0.1, -0.05) is 26.2 Å². The molecule has 0 radical (unpaired) electrons. The summed E-state index contributed by atoms with van der Waals surface area (Å²) in [4.78, 5) is 10.4. The summed E-state index contributed by atoms with van der Waals surface area (Å²) >= 11 is 0. The molecular weight excluding hydrogens is 124 g/mol. The van der Waals surface area contributed by atoms with Gasteiger partial charge in [0.1, 0.15) is 6.29 Å². The average Bonchev–Trinajstić information content (AvgIpc) is 2.05. The first-order valence-electron chi connectivity index (χ1n) is 4.30. The topological polar surface area (TPSA) is 17.1 Å². The molecule has 0 bridgehead atoms. The summed E-state index contributed by atoms with van der Waals surface area (Å²) in [6.07, 6.45) is 7.71. The molecule has 0 amide bonds. The van der Waals surface area contributed by atoms with Crippen LogP contribution in [-0.4, -0.2) is 6.29 Å². The van der Waals surface area contributed by atoms with Gasteiger partial charge in [-0.05, 0) is 18.8 Å². The lowest BCUT2D eigenvalue weighted by Crippen LogP contribution is -2.15. The highest BCUT2D eigenvalue weighted by molar-refractivity contribution is 5.53. The Kier molecular flexibility index (Phi) is 2.91. The molecule has 0 spiro atoms. The molecule has 10 heavy (non-hydrogen) atoms. The molecule has 0 unspecified atom stereocenters.